The number of rotatable bonds is 9. The van der Waals surface area contributed by atoms with Crippen LogP contribution < -0.4 is 28.1 Å². The minimum Gasteiger partial charge on any atom is -0.504 e. The van der Waals surface area contributed by atoms with Crippen molar-refractivity contribution in [2.24, 2.45) is 5.92 Å². The number of benzene rings is 5. The highest BCUT2D eigenvalue weighted by Gasteiger charge is 2.56. The zero-order valence-corrected chi connectivity index (χ0v) is 36.4. The fourth-order valence-corrected chi connectivity index (χ4v) is 8.66. The molecule has 0 bridgehead atoms. The van der Waals surface area contributed by atoms with Crippen LogP contribution in [-0.4, -0.2) is 54.4 Å². The van der Waals surface area contributed by atoms with Crippen LogP contribution >= 0.6 is 0 Å². The van der Waals surface area contributed by atoms with Gasteiger partial charge in [0.15, 0.2) is 11.2 Å². The van der Waals surface area contributed by atoms with E-state index in [4.69, 9.17) is 46.9 Å². The van der Waals surface area contributed by atoms with E-state index in [0.717, 1.165) is 11.1 Å². The summed E-state index contributed by atoms with van der Waals surface area (Å²) in [6.07, 6.45) is 0.574. The highest BCUT2D eigenvalue weighted by molar-refractivity contribution is 6.48. The molecule has 10 rings (SSSR count). The molecule has 5 heterocycles. The van der Waals surface area contributed by atoms with Crippen LogP contribution in [0.3, 0.4) is 0 Å². The number of nitrogens with zero attached hydrogens (tertiary/aromatic N) is 6. The van der Waals surface area contributed by atoms with E-state index in [-0.39, 0.29) is 28.8 Å². The van der Waals surface area contributed by atoms with Gasteiger partial charge < -0.3 is 46.5 Å². The number of ether oxygens (including phenoxy) is 2. The van der Waals surface area contributed by atoms with Gasteiger partial charge in [0.1, 0.15) is 68.8 Å². The van der Waals surface area contributed by atoms with Crippen LogP contribution in [0.2, 0.25) is 0 Å². The van der Waals surface area contributed by atoms with E-state index in [1.807, 2.05) is 96.3 Å². The molecule has 7 aromatic rings. The fraction of sp³-hybridized carbons (Fsp3) is 0.184. The number of hydrogen-bond donors (Lipinski definition) is 0. The number of nitriles is 2. The van der Waals surface area contributed by atoms with Crippen LogP contribution in [0.1, 0.15) is 50.1 Å². The van der Waals surface area contributed by atoms with Crippen LogP contribution in [0.15, 0.2) is 135 Å². The fourth-order valence-electron chi connectivity index (χ4n) is 8.66. The molecule has 0 saturated carbocycles. The Morgan fingerprint density at radius 3 is 1.71 bits per heavy atom. The Morgan fingerprint density at radius 1 is 0.692 bits per heavy atom. The van der Waals surface area contributed by atoms with Gasteiger partial charge in [0, 0.05) is 17.8 Å². The minimum absolute atomic E-state index is 0.0399. The van der Waals surface area contributed by atoms with Crippen molar-refractivity contribution in [1.82, 2.24) is 19.6 Å². The van der Waals surface area contributed by atoms with Crippen molar-refractivity contribution in [2.75, 3.05) is 14.2 Å². The Kier molecular flexibility index (Phi) is 10.3. The Morgan fingerprint density at radius 2 is 1.22 bits per heavy atom. The largest absolute Gasteiger partial charge is 0.743 e. The Hall–Kier alpha value is -8.23. The molecule has 0 amide bonds. The molecule has 320 valence electrons. The molecule has 3 aliphatic heterocycles. The molecular formula is C49H40B2N6O8. The predicted molar refractivity (Wildman–Crippen MR) is 244 cm³/mol. The summed E-state index contributed by atoms with van der Waals surface area (Å²) in [5.74, 6) is 2.86. The lowest BCUT2D eigenvalue weighted by molar-refractivity contribution is 0.249. The first-order valence-electron chi connectivity index (χ1n) is 21.1. The number of aryl methyl sites for hydroxylation is 1. The topological polar surface area (TPSA) is 162 Å². The van der Waals surface area contributed by atoms with Gasteiger partial charge in [-0.05, 0) is 85.5 Å². The Labute approximate surface area is 375 Å². The lowest BCUT2D eigenvalue weighted by Gasteiger charge is -2.41. The SMILES string of the molecule is CCC(C)C1/C(=C(\C#N)c2nc3ccc(OC)cc3o2)N(B2Oc3ccccc3O2)C(c2cccc(C)c2)=C(C)/C(=C(\C#N)c2nc3ccc(OC)cc3o2)N1B1Oc2ccccc2O1. The highest BCUT2D eigenvalue weighted by atomic mass is 16.7. The third-order valence-electron chi connectivity index (χ3n) is 11.9. The van der Waals surface area contributed by atoms with Crippen molar-refractivity contribution < 1.29 is 36.9 Å². The molecule has 0 saturated heterocycles. The molecule has 5 aromatic carbocycles. The van der Waals surface area contributed by atoms with Gasteiger partial charge in [-0.1, -0.05) is 68.3 Å². The molecular weight excluding hydrogens is 822 g/mol. The van der Waals surface area contributed by atoms with Crippen molar-refractivity contribution in [1.29, 1.82) is 10.5 Å². The van der Waals surface area contributed by atoms with Crippen LogP contribution in [-0.2, 0) is 0 Å². The van der Waals surface area contributed by atoms with Gasteiger partial charge in [0.2, 0.25) is 11.8 Å². The lowest BCUT2D eigenvalue weighted by atomic mass is 9.83. The molecule has 0 aliphatic carbocycles. The molecule has 2 unspecified atom stereocenters. The second-order valence-electron chi connectivity index (χ2n) is 15.8. The lowest BCUT2D eigenvalue weighted by Crippen LogP contribution is -2.57. The number of para-hydroxylation sites is 4. The van der Waals surface area contributed by atoms with E-state index in [1.54, 1.807) is 50.6 Å². The summed E-state index contributed by atoms with van der Waals surface area (Å²) in [4.78, 5) is 13.6. The van der Waals surface area contributed by atoms with E-state index in [2.05, 4.69) is 26.0 Å². The summed E-state index contributed by atoms with van der Waals surface area (Å²) in [6.45, 7) is 8.03. The third-order valence-corrected chi connectivity index (χ3v) is 11.9. The van der Waals surface area contributed by atoms with Crippen LogP contribution in [0, 0.1) is 35.5 Å². The maximum Gasteiger partial charge on any atom is 0.743 e. The van der Waals surface area contributed by atoms with E-state index >= 15 is 0 Å². The number of methoxy groups -OCH3 is 2. The summed E-state index contributed by atoms with van der Waals surface area (Å²) >= 11 is 0. The summed E-state index contributed by atoms with van der Waals surface area (Å²) in [6, 6.07) is 37.4. The third kappa shape index (κ3) is 7.00. The van der Waals surface area contributed by atoms with Gasteiger partial charge in [-0.25, -0.2) is 9.97 Å². The number of fused-ring (bicyclic) bond motifs is 4. The van der Waals surface area contributed by atoms with Crippen molar-refractivity contribution in [3.63, 3.8) is 0 Å². The second kappa shape index (κ2) is 16.5. The summed E-state index contributed by atoms with van der Waals surface area (Å²) in [5, 5.41) is 23.3. The molecule has 0 radical (unpaired) electrons. The predicted octanol–water partition coefficient (Wildman–Crippen LogP) is 9.84. The first-order valence-corrected chi connectivity index (χ1v) is 21.1. The molecule has 16 heteroatoms. The molecule has 0 fully saturated rings. The first kappa shape index (κ1) is 40.8. The Balaban J connectivity index is 1.36. The van der Waals surface area contributed by atoms with E-state index in [1.165, 1.54) is 0 Å². The quantitative estimate of drug-likeness (QED) is 0.0996. The van der Waals surface area contributed by atoms with E-state index in [0.29, 0.717) is 85.8 Å². The number of oxazole rings is 2. The van der Waals surface area contributed by atoms with Gasteiger partial charge in [-0.3, -0.25) is 0 Å². The van der Waals surface area contributed by atoms with E-state index < -0.39 is 20.5 Å². The van der Waals surface area contributed by atoms with Crippen molar-refractivity contribution in [3.8, 4) is 46.6 Å². The standard InChI is InChI=1S/C49H40B2N6O8/c1-7-29(3)44-47(35(27-53)49-55-37-22-20-33(59-6)25-43(37)61-49)57(51-64-40-17-10-11-18-41(40)65-51)45(31-14-12-13-28(2)23-31)30(4)46(56(44)50-62-38-15-8-9-16-39(38)63-50)34(26-52)48-54-36-21-19-32(58-5)24-42(36)60-48/h8-25,29,44H,7H2,1-6H3/b46-34-,47-35-. The van der Waals surface area contributed by atoms with Crippen molar-refractivity contribution >= 4 is 53.5 Å². The molecule has 2 aromatic heterocycles. The summed E-state index contributed by atoms with van der Waals surface area (Å²) in [7, 11) is 0.744. The van der Waals surface area contributed by atoms with Crippen LogP contribution in [0.25, 0.3) is 39.0 Å². The van der Waals surface area contributed by atoms with Gasteiger partial charge in [0.05, 0.1) is 31.7 Å². The normalized spacial score (nSPS) is 17.6. The first-order chi connectivity index (χ1) is 31.7. The molecule has 0 N–H and O–H groups in total. The van der Waals surface area contributed by atoms with Gasteiger partial charge in [-0.2, -0.15) is 10.5 Å². The van der Waals surface area contributed by atoms with Crippen molar-refractivity contribution in [3.05, 3.63) is 149 Å². The molecule has 0 spiro atoms. The van der Waals surface area contributed by atoms with Gasteiger partial charge in [0.25, 0.3) is 0 Å². The smallest absolute Gasteiger partial charge is 0.504 e. The Bertz CT molecular complexity index is 3170. The maximum atomic E-state index is 11.7. The molecule has 3 aliphatic rings. The second-order valence-corrected chi connectivity index (χ2v) is 15.8. The highest BCUT2D eigenvalue weighted by Crippen LogP contribution is 2.50. The van der Waals surface area contributed by atoms with Crippen LogP contribution in [0.5, 0.6) is 34.5 Å². The molecule has 14 nitrogen and oxygen atoms in total. The maximum absolute atomic E-state index is 11.7. The number of allylic oxidation sites excluding steroid dienone is 3. The summed E-state index contributed by atoms with van der Waals surface area (Å²) < 4.78 is 51.1. The van der Waals surface area contributed by atoms with Crippen LogP contribution in [0.4, 0.5) is 0 Å². The minimum atomic E-state index is -1.20. The zero-order valence-electron chi connectivity index (χ0n) is 36.4. The molecule has 2 atom stereocenters. The van der Waals surface area contributed by atoms with E-state index in [9.17, 15) is 10.5 Å². The number of aromatic nitrogens is 2. The van der Waals surface area contributed by atoms with Gasteiger partial charge in [-0.15, -0.1) is 0 Å². The zero-order chi connectivity index (χ0) is 44.9. The van der Waals surface area contributed by atoms with Gasteiger partial charge >= 0.3 is 14.5 Å². The monoisotopic (exact) mass is 862 g/mol. The molecule has 65 heavy (non-hydrogen) atoms. The average Bonchev–Trinajstić information content (AvgIpc) is 4.14. The van der Waals surface area contributed by atoms with Crippen molar-refractivity contribution in [2.45, 2.75) is 40.2 Å². The summed E-state index contributed by atoms with van der Waals surface area (Å²) in [5.41, 5.74) is 5.51. The average molecular weight is 863 g/mol. The number of hydrogen-bond acceptors (Lipinski definition) is 14.